The molecule has 0 radical (unpaired) electrons. The zero-order chi connectivity index (χ0) is 45.1. The molecule has 0 aromatic carbocycles. The standard InChI is InChI=1S/C46H74O16/c1-21-30(49)36(61-38-34(53)33(52)32(51)26(19-47)59-38)35(54)39(58-21)62-37-31(50)25(48)20-57-40(37)60-29-12-14-45(7)27(43(29,4)5)11-13-44(6)23-10-15-46(41(55)56)17-16-42(2,3)18-24(46)22(23)8-9-28(44)45/h8,21,23-40,47-54H,9-20H2,1-7H3,(H,55,56)/t21-,23?,24?,25+,26+,27?,28?,29-,30-,31+,32+,33-,34+,35+,36+,37-,38?,39-,40?,44-,45-,46+/m0/s1. The van der Waals surface area contributed by atoms with E-state index in [2.05, 4.69) is 47.6 Å². The largest absolute Gasteiger partial charge is 0.481 e. The molecule has 22 atom stereocenters. The molecular weight excluding hydrogens is 808 g/mol. The SMILES string of the molecule is C[C@@H]1O[C@@H](O[C@@H]2C(O[C@H]3CC[C@@]4(C)C(CC[C@@]5(C)C6CC[C@@]7(C(=O)O)CCC(C)(C)CC7C6=CCC54)C3(C)C)OC[C@@H](O)[C@H]2O)[C@H](O)[C@H](OC2O[C@H](CO)[C@@H](O)[C@H](O)[C@H]2O)[C@H]1O. The molecule has 0 aromatic rings. The number of rotatable bonds is 8. The highest BCUT2D eigenvalue weighted by Gasteiger charge is 2.66. The van der Waals surface area contributed by atoms with Crippen molar-refractivity contribution in [3.05, 3.63) is 11.6 Å². The summed E-state index contributed by atoms with van der Waals surface area (Å²) in [5.74, 6) is 0.461. The van der Waals surface area contributed by atoms with Crippen LogP contribution in [0, 0.1) is 50.7 Å². The minimum Gasteiger partial charge on any atom is -0.481 e. The molecule has 0 spiro atoms. The van der Waals surface area contributed by atoms with E-state index < -0.39 is 104 Å². The Kier molecular flexibility index (Phi) is 12.7. The first-order valence-corrected chi connectivity index (χ1v) is 23.2. The first-order valence-electron chi connectivity index (χ1n) is 23.2. The molecule has 0 bridgehead atoms. The molecule has 9 N–H and O–H groups in total. The third-order valence-electron chi connectivity index (χ3n) is 18.1. The maximum atomic E-state index is 13.0. The Morgan fingerprint density at radius 3 is 2.06 bits per heavy atom. The Bertz CT molecular complexity index is 1670. The van der Waals surface area contributed by atoms with E-state index in [0.717, 1.165) is 57.8 Å². The van der Waals surface area contributed by atoms with E-state index in [-0.39, 0.29) is 46.2 Å². The first-order chi connectivity index (χ1) is 29.0. The third-order valence-corrected chi connectivity index (χ3v) is 18.1. The summed E-state index contributed by atoms with van der Waals surface area (Å²) in [6.45, 7) is 14.6. The first kappa shape index (κ1) is 47.2. The number of hydrogen-bond acceptors (Lipinski definition) is 15. The second-order valence-electron chi connectivity index (χ2n) is 22.4. The van der Waals surface area contributed by atoms with Gasteiger partial charge in [0.05, 0.1) is 30.8 Å². The van der Waals surface area contributed by atoms with E-state index in [1.807, 2.05) is 0 Å². The van der Waals surface area contributed by atoms with Crippen LogP contribution in [0.3, 0.4) is 0 Å². The predicted molar refractivity (Wildman–Crippen MR) is 219 cm³/mol. The molecule has 4 saturated carbocycles. The summed E-state index contributed by atoms with van der Waals surface area (Å²) in [4.78, 5) is 13.0. The van der Waals surface area contributed by atoms with Crippen molar-refractivity contribution in [2.75, 3.05) is 13.2 Å². The van der Waals surface area contributed by atoms with Crippen molar-refractivity contribution in [1.82, 2.24) is 0 Å². The summed E-state index contributed by atoms with van der Waals surface area (Å²) < 4.78 is 36.3. The number of allylic oxidation sites excluding steroid dienone is 2. The van der Waals surface area contributed by atoms with E-state index >= 15 is 0 Å². The van der Waals surface area contributed by atoms with Gasteiger partial charge in [-0.05, 0) is 116 Å². The molecule has 7 fully saturated rings. The van der Waals surface area contributed by atoms with E-state index in [1.54, 1.807) is 0 Å². The van der Waals surface area contributed by atoms with Crippen molar-refractivity contribution in [1.29, 1.82) is 0 Å². The van der Waals surface area contributed by atoms with Crippen molar-refractivity contribution in [2.45, 2.75) is 205 Å². The molecule has 5 aliphatic carbocycles. The van der Waals surface area contributed by atoms with E-state index in [4.69, 9.17) is 28.4 Å². The molecule has 8 aliphatic rings. The average molecular weight is 883 g/mol. The highest BCUT2D eigenvalue weighted by atomic mass is 16.8. The molecule has 8 rings (SSSR count). The summed E-state index contributed by atoms with van der Waals surface area (Å²) in [5, 5.41) is 96.2. The van der Waals surface area contributed by atoms with Crippen molar-refractivity contribution in [3.63, 3.8) is 0 Å². The topological polar surface area (TPSA) is 255 Å². The highest BCUT2D eigenvalue weighted by Crippen LogP contribution is 2.72. The Balaban J connectivity index is 0.986. The number of carboxylic acids is 1. The zero-order valence-electron chi connectivity index (χ0n) is 37.4. The monoisotopic (exact) mass is 882 g/mol. The van der Waals surface area contributed by atoms with Gasteiger partial charge in [-0.15, -0.1) is 0 Å². The van der Waals surface area contributed by atoms with Gasteiger partial charge in [0.1, 0.15) is 61.0 Å². The molecule has 16 heteroatoms. The van der Waals surface area contributed by atoms with Crippen LogP contribution in [0.1, 0.15) is 113 Å². The predicted octanol–water partition coefficient (Wildman–Crippen LogP) is 1.98. The van der Waals surface area contributed by atoms with Crippen LogP contribution in [0.5, 0.6) is 0 Å². The van der Waals surface area contributed by atoms with Crippen LogP contribution in [-0.2, 0) is 33.2 Å². The Morgan fingerprint density at radius 2 is 1.37 bits per heavy atom. The van der Waals surface area contributed by atoms with Crippen LogP contribution in [0.15, 0.2) is 11.6 Å². The smallest absolute Gasteiger partial charge is 0.310 e. The minimum absolute atomic E-state index is 0.0302. The van der Waals surface area contributed by atoms with Gasteiger partial charge in [0.2, 0.25) is 0 Å². The lowest BCUT2D eigenvalue weighted by atomic mass is 9.37. The molecule has 3 aliphatic heterocycles. The molecule has 16 nitrogen and oxygen atoms in total. The number of fused-ring (bicyclic) bond motifs is 7. The number of ether oxygens (including phenoxy) is 6. The fourth-order valence-electron chi connectivity index (χ4n) is 14.5. The fourth-order valence-corrected chi connectivity index (χ4v) is 14.5. The van der Waals surface area contributed by atoms with Crippen LogP contribution in [0.25, 0.3) is 0 Å². The summed E-state index contributed by atoms with van der Waals surface area (Å²) in [7, 11) is 0. The number of hydrogen-bond donors (Lipinski definition) is 9. The summed E-state index contributed by atoms with van der Waals surface area (Å²) in [6.07, 6.45) is -10.1. The van der Waals surface area contributed by atoms with Gasteiger partial charge in [-0.1, -0.05) is 53.2 Å². The van der Waals surface area contributed by atoms with Crippen molar-refractivity contribution >= 4 is 5.97 Å². The van der Waals surface area contributed by atoms with E-state index in [1.165, 1.54) is 12.5 Å². The lowest BCUT2D eigenvalue weighted by Crippen LogP contribution is -2.66. The van der Waals surface area contributed by atoms with Gasteiger partial charge in [-0.2, -0.15) is 0 Å². The molecule has 6 unspecified atom stereocenters. The average Bonchev–Trinajstić information content (AvgIpc) is 3.21. The van der Waals surface area contributed by atoms with Crippen molar-refractivity contribution in [3.8, 4) is 0 Å². The Labute approximate surface area is 364 Å². The Hall–Kier alpha value is -1.35. The van der Waals surface area contributed by atoms with Crippen LogP contribution in [-0.4, -0.2) is 157 Å². The minimum atomic E-state index is -1.80. The zero-order valence-corrected chi connectivity index (χ0v) is 37.4. The van der Waals surface area contributed by atoms with Gasteiger partial charge < -0.3 is 74.4 Å². The third kappa shape index (κ3) is 7.55. The number of aliphatic carboxylic acids is 1. The van der Waals surface area contributed by atoms with E-state index in [0.29, 0.717) is 18.3 Å². The fraction of sp³-hybridized carbons (Fsp3) is 0.935. The van der Waals surface area contributed by atoms with E-state index in [9.17, 15) is 50.8 Å². The summed E-state index contributed by atoms with van der Waals surface area (Å²) >= 11 is 0. The molecule has 0 amide bonds. The Morgan fingerprint density at radius 1 is 0.694 bits per heavy atom. The lowest BCUT2D eigenvalue weighted by molar-refractivity contribution is -0.382. The quantitative estimate of drug-likeness (QED) is 0.125. The van der Waals surface area contributed by atoms with Crippen LogP contribution < -0.4 is 0 Å². The molecule has 3 heterocycles. The van der Waals surface area contributed by atoms with Crippen LogP contribution in [0.2, 0.25) is 0 Å². The van der Waals surface area contributed by atoms with Gasteiger partial charge in [-0.3, -0.25) is 4.79 Å². The number of aliphatic hydroxyl groups is 8. The molecule has 62 heavy (non-hydrogen) atoms. The highest BCUT2D eigenvalue weighted by molar-refractivity contribution is 5.76. The molecule has 354 valence electrons. The van der Waals surface area contributed by atoms with Gasteiger partial charge in [0.25, 0.3) is 0 Å². The van der Waals surface area contributed by atoms with Gasteiger partial charge in [-0.25, -0.2) is 0 Å². The number of aliphatic hydroxyl groups excluding tert-OH is 8. The number of carbonyl (C=O) groups is 1. The molecule has 0 aromatic heterocycles. The normalized spacial score (nSPS) is 53.6. The van der Waals surface area contributed by atoms with Crippen molar-refractivity contribution < 1.29 is 79.2 Å². The van der Waals surface area contributed by atoms with Gasteiger partial charge >= 0.3 is 5.97 Å². The van der Waals surface area contributed by atoms with Crippen LogP contribution in [0.4, 0.5) is 0 Å². The van der Waals surface area contributed by atoms with Crippen LogP contribution >= 0.6 is 0 Å². The number of carboxylic acid groups (broad SMARTS) is 1. The summed E-state index contributed by atoms with van der Waals surface area (Å²) in [6, 6.07) is 0. The van der Waals surface area contributed by atoms with Gasteiger partial charge in [0.15, 0.2) is 18.9 Å². The second-order valence-corrected chi connectivity index (χ2v) is 22.4. The molecular formula is C46H74O16. The maximum Gasteiger partial charge on any atom is 0.310 e. The van der Waals surface area contributed by atoms with Crippen molar-refractivity contribution in [2.24, 2.45) is 50.7 Å². The maximum absolute atomic E-state index is 13.0. The van der Waals surface area contributed by atoms with Gasteiger partial charge in [0, 0.05) is 0 Å². The molecule has 3 saturated heterocycles. The lowest BCUT2D eigenvalue weighted by Gasteiger charge is -2.68. The second kappa shape index (κ2) is 16.8. The summed E-state index contributed by atoms with van der Waals surface area (Å²) in [5.41, 5.74) is 0.484.